The van der Waals surface area contributed by atoms with Gasteiger partial charge in [0, 0.05) is 12.6 Å². The summed E-state index contributed by atoms with van der Waals surface area (Å²) in [6, 6.07) is 17.3. The molecule has 1 fully saturated rings. The zero-order valence-corrected chi connectivity index (χ0v) is 22.7. The molecule has 3 rings (SSSR count). The average molecular weight is 488 g/mol. The van der Waals surface area contributed by atoms with Crippen LogP contribution in [0.25, 0.3) is 5.57 Å². The number of benzene rings is 2. The van der Waals surface area contributed by atoms with Gasteiger partial charge in [-0.1, -0.05) is 68.5 Å². The molecule has 0 aliphatic carbocycles. The van der Waals surface area contributed by atoms with Crippen LogP contribution in [0.15, 0.2) is 77.9 Å². The van der Waals surface area contributed by atoms with Crippen LogP contribution in [0.1, 0.15) is 88.8 Å². The number of piperidine rings is 1. The zero-order valence-electron chi connectivity index (χ0n) is 22.7. The Labute approximate surface area is 218 Å². The molecule has 0 unspecified atom stereocenters. The van der Waals surface area contributed by atoms with Crippen LogP contribution in [-0.2, 0) is 0 Å². The van der Waals surface area contributed by atoms with Crippen molar-refractivity contribution >= 4 is 5.57 Å². The van der Waals surface area contributed by atoms with E-state index in [1.165, 1.54) is 42.6 Å². The normalized spacial score (nSPS) is 16.7. The van der Waals surface area contributed by atoms with Gasteiger partial charge in [-0.05, 0) is 117 Å². The largest absolute Gasteiger partial charge is 0.508 e. The van der Waals surface area contributed by atoms with Crippen LogP contribution in [-0.4, -0.2) is 40.9 Å². The van der Waals surface area contributed by atoms with Gasteiger partial charge in [-0.3, -0.25) is 0 Å². The van der Waals surface area contributed by atoms with Gasteiger partial charge in [-0.15, -0.1) is 0 Å². The molecule has 1 saturated heterocycles. The lowest BCUT2D eigenvalue weighted by atomic mass is 9.84. The molecule has 1 heterocycles. The second-order valence-corrected chi connectivity index (χ2v) is 10.1. The molecular formula is C33H45NO2. The third kappa shape index (κ3) is 7.44. The highest BCUT2D eigenvalue weighted by atomic mass is 16.3. The van der Waals surface area contributed by atoms with Gasteiger partial charge in [0.05, 0.1) is 0 Å². The van der Waals surface area contributed by atoms with Crippen LogP contribution in [0.4, 0.5) is 0 Å². The molecule has 3 heteroatoms. The van der Waals surface area contributed by atoms with Gasteiger partial charge in [0.1, 0.15) is 5.75 Å². The number of aliphatic hydroxyl groups excluding tert-OH is 1. The highest BCUT2D eigenvalue weighted by molar-refractivity contribution is 5.85. The molecule has 0 atom stereocenters. The maximum absolute atomic E-state index is 10.3. The van der Waals surface area contributed by atoms with Crippen molar-refractivity contribution in [2.24, 2.45) is 0 Å². The third-order valence-electron chi connectivity index (χ3n) is 7.26. The van der Waals surface area contributed by atoms with Crippen LogP contribution in [0.2, 0.25) is 0 Å². The number of rotatable bonds is 11. The van der Waals surface area contributed by atoms with Crippen LogP contribution < -0.4 is 0 Å². The second kappa shape index (κ2) is 14.2. The van der Waals surface area contributed by atoms with E-state index in [4.69, 9.17) is 0 Å². The minimum Gasteiger partial charge on any atom is -0.508 e. The quantitative estimate of drug-likeness (QED) is 0.317. The van der Waals surface area contributed by atoms with Gasteiger partial charge in [0.25, 0.3) is 0 Å². The van der Waals surface area contributed by atoms with Crippen LogP contribution in [0.5, 0.6) is 5.75 Å². The summed E-state index contributed by atoms with van der Waals surface area (Å²) in [6.07, 6.45) is 12.5. The molecular weight excluding hydrogens is 442 g/mol. The number of aliphatic hydroxyl groups is 1. The van der Waals surface area contributed by atoms with Gasteiger partial charge in [0.15, 0.2) is 0 Å². The van der Waals surface area contributed by atoms with E-state index in [1.54, 1.807) is 6.07 Å². The summed E-state index contributed by atoms with van der Waals surface area (Å²) in [7, 11) is 0. The predicted molar refractivity (Wildman–Crippen MR) is 153 cm³/mol. The van der Waals surface area contributed by atoms with E-state index in [-0.39, 0.29) is 12.4 Å². The molecule has 3 nitrogen and oxygen atoms in total. The summed E-state index contributed by atoms with van der Waals surface area (Å²) in [6.45, 7) is 11.4. The molecule has 2 N–H and O–H groups in total. The van der Waals surface area contributed by atoms with E-state index in [9.17, 15) is 10.2 Å². The van der Waals surface area contributed by atoms with Crippen molar-refractivity contribution in [1.29, 1.82) is 0 Å². The molecule has 36 heavy (non-hydrogen) atoms. The highest BCUT2D eigenvalue weighted by Gasteiger charge is 2.22. The number of aromatic hydroxyl groups is 1. The van der Waals surface area contributed by atoms with Crippen molar-refractivity contribution in [3.8, 4) is 5.75 Å². The third-order valence-corrected chi connectivity index (χ3v) is 7.26. The Kier molecular flexibility index (Phi) is 11.0. The number of phenolic OH excluding ortho intramolecular Hbond substituents is 1. The molecule has 0 saturated carbocycles. The lowest BCUT2D eigenvalue weighted by Gasteiger charge is -2.34. The molecule has 0 amide bonds. The summed E-state index contributed by atoms with van der Waals surface area (Å²) >= 11 is 0. The standard InChI is InChI=1S/C33H45NO2/c1-5-7-11-28(10-6-2)32(14-9-23-35)33(30-12-8-13-31(36)24-30)29-17-15-26(16-18-29)27-19-21-34(22-20-27)25(3)4/h7-8,10-13,15-18,24-25,27,35-36H,5-6,9,14,19-23H2,1-4H3/b11-7-,28-10+,33-32+. The van der Waals surface area contributed by atoms with Crippen molar-refractivity contribution in [3.63, 3.8) is 0 Å². The maximum Gasteiger partial charge on any atom is 0.116 e. The summed E-state index contributed by atoms with van der Waals surface area (Å²) in [4.78, 5) is 2.58. The number of phenols is 1. The molecule has 0 radical (unpaired) electrons. The summed E-state index contributed by atoms with van der Waals surface area (Å²) in [5.41, 5.74) is 7.15. The number of hydrogen-bond donors (Lipinski definition) is 2. The van der Waals surface area contributed by atoms with E-state index < -0.39 is 0 Å². The molecule has 2 aromatic rings. The Bertz CT molecular complexity index is 1040. The molecule has 1 aliphatic rings. The summed E-state index contributed by atoms with van der Waals surface area (Å²) in [5.74, 6) is 0.879. The summed E-state index contributed by atoms with van der Waals surface area (Å²) in [5, 5.41) is 20.0. The first-order chi connectivity index (χ1) is 17.5. The highest BCUT2D eigenvalue weighted by Crippen LogP contribution is 2.36. The Hall–Kier alpha value is -2.62. The van der Waals surface area contributed by atoms with E-state index in [2.05, 4.69) is 81.2 Å². The minimum absolute atomic E-state index is 0.154. The van der Waals surface area contributed by atoms with E-state index in [1.807, 2.05) is 12.1 Å². The Morgan fingerprint density at radius 3 is 2.31 bits per heavy atom. The minimum atomic E-state index is 0.154. The van der Waals surface area contributed by atoms with E-state index in [0.29, 0.717) is 18.4 Å². The first kappa shape index (κ1) is 28.0. The lowest BCUT2D eigenvalue weighted by Crippen LogP contribution is -2.37. The van der Waals surface area contributed by atoms with Crippen molar-refractivity contribution < 1.29 is 10.2 Å². The Balaban J connectivity index is 2.07. The average Bonchev–Trinajstić information content (AvgIpc) is 2.89. The topological polar surface area (TPSA) is 43.7 Å². The van der Waals surface area contributed by atoms with Crippen molar-refractivity contribution in [3.05, 3.63) is 94.6 Å². The fourth-order valence-corrected chi connectivity index (χ4v) is 5.27. The smallest absolute Gasteiger partial charge is 0.116 e. The Morgan fingerprint density at radius 2 is 1.72 bits per heavy atom. The van der Waals surface area contributed by atoms with Crippen LogP contribution in [0.3, 0.4) is 0 Å². The van der Waals surface area contributed by atoms with Gasteiger partial charge in [-0.2, -0.15) is 0 Å². The number of likely N-dealkylation sites (tertiary alicyclic amines) is 1. The number of allylic oxidation sites excluding steroid dienone is 5. The maximum atomic E-state index is 10.3. The van der Waals surface area contributed by atoms with Gasteiger partial charge >= 0.3 is 0 Å². The number of nitrogens with zero attached hydrogens (tertiary/aromatic N) is 1. The second-order valence-electron chi connectivity index (χ2n) is 10.1. The predicted octanol–water partition coefficient (Wildman–Crippen LogP) is 7.86. The van der Waals surface area contributed by atoms with Gasteiger partial charge in [0.2, 0.25) is 0 Å². The molecule has 1 aliphatic heterocycles. The number of hydrogen-bond acceptors (Lipinski definition) is 3. The summed E-state index contributed by atoms with van der Waals surface area (Å²) < 4.78 is 0. The van der Waals surface area contributed by atoms with E-state index >= 15 is 0 Å². The van der Waals surface area contributed by atoms with Crippen molar-refractivity contribution in [1.82, 2.24) is 4.90 Å². The lowest BCUT2D eigenvalue weighted by molar-refractivity contribution is 0.172. The molecule has 0 aromatic heterocycles. The van der Waals surface area contributed by atoms with Crippen LogP contribution in [0, 0.1) is 0 Å². The van der Waals surface area contributed by atoms with Crippen LogP contribution >= 0.6 is 0 Å². The van der Waals surface area contributed by atoms with Crippen molar-refractivity contribution in [2.45, 2.75) is 78.2 Å². The SMILES string of the molecule is CC\C=C/C(=C\CC)C(/CCCO)=C(\c1ccc(C2CCN(C(C)C)CC2)cc1)c1cccc(O)c1. The van der Waals surface area contributed by atoms with Gasteiger partial charge < -0.3 is 15.1 Å². The van der Waals surface area contributed by atoms with Crippen molar-refractivity contribution in [2.75, 3.05) is 19.7 Å². The van der Waals surface area contributed by atoms with E-state index in [0.717, 1.165) is 36.0 Å². The fourth-order valence-electron chi connectivity index (χ4n) is 5.27. The first-order valence-electron chi connectivity index (χ1n) is 13.8. The molecule has 2 aromatic carbocycles. The molecule has 0 spiro atoms. The molecule has 0 bridgehead atoms. The fraction of sp³-hybridized carbons (Fsp3) is 0.455. The molecule has 194 valence electrons. The Morgan fingerprint density at radius 1 is 1.00 bits per heavy atom. The zero-order chi connectivity index (χ0) is 25.9. The van der Waals surface area contributed by atoms with Gasteiger partial charge in [-0.25, -0.2) is 0 Å². The first-order valence-corrected chi connectivity index (χ1v) is 13.8. The monoisotopic (exact) mass is 487 g/mol.